The molecule has 0 bridgehead atoms. The van der Waals surface area contributed by atoms with Gasteiger partial charge in [0.25, 0.3) is 0 Å². The minimum Gasteiger partial charge on any atom is -0.382 e. The lowest BCUT2D eigenvalue weighted by Crippen LogP contribution is -2.04. The molecule has 0 atom stereocenters. The van der Waals surface area contributed by atoms with E-state index in [9.17, 15) is 0 Å². The number of hydrogen-bond acceptors (Lipinski definition) is 2. The summed E-state index contributed by atoms with van der Waals surface area (Å²) in [4.78, 5) is 0. The Hall–Kier alpha value is -0.570. The molecule has 0 aliphatic heterocycles. The summed E-state index contributed by atoms with van der Waals surface area (Å²) in [6.07, 6.45) is 0.976. The topological polar surface area (TPSA) is 18.5 Å². The summed E-state index contributed by atoms with van der Waals surface area (Å²) >= 11 is 6.11. The number of methoxy groups -OCH3 is 1. The monoisotopic (exact) mass is 228 g/mol. The summed E-state index contributed by atoms with van der Waals surface area (Å²) in [6, 6.07) is 5.95. The van der Waals surface area contributed by atoms with Crippen LogP contribution in [0.15, 0.2) is 18.2 Å². The first-order valence-corrected chi connectivity index (χ1v) is 5.50. The molecule has 0 amide bonds. The molecule has 3 heteroatoms. The molecule has 2 nitrogen and oxygen atoms in total. The normalized spacial score (nSPS) is 10.6. The summed E-state index contributed by atoms with van der Waals surface area (Å²) < 4.78 is 10.4. The molecular formula is C12H17ClO2. The maximum atomic E-state index is 6.11. The molecule has 0 unspecified atom stereocenters. The van der Waals surface area contributed by atoms with Gasteiger partial charge in [0.2, 0.25) is 0 Å². The highest BCUT2D eigenvalue weighted by atomic mass is 35.5. The second-order valence-electron chi connectivity index (χ2n) is 3.28. The Morgan fingerprint density at radius 2 is 2.07 bits per heavy atom. The van der Waals surface area contributed by atoms with Gasteiger partial charge in [0.1, 0.15) is 0 Å². The minimum absolute atomic E-state index is 0.562. The summed E-state index contributed by atoms with van der Waals surface area (Å²) in [5.74, 6) is 0. The predicted molar refractivity (Wildman–Crippen MR) is 62.4 cm³/mol. The van der Waals surface area contributed by atoms with Gasteiger partial charge in [0.05, 0.1) is 19.8 Å². The molecule has 84 valence electrons. The summed E-state index contributed by atoms with van der Waals surface area (Å²) in [5, 5.41) is 0.784. The molecule has 1 aromatic carbocycles. The van der Waals surface area contributed by atoms with Crippen molar-refractivity contribution < 1.29 is 9.47 Å². The fourth-order valence-corrected chi connectivity index (χ4v) is 1.66. The van der Waals surface area contributed by atoms with Gasteiger partial charge in [-0.3, -0.25) is 0 Å². The van der Waals surface area contributed by atoms with Crippen LogP contribution in [0.4, 0.5) is 0 Å². The molecule has 0 spiro atoms. The van der Waals surface area contributed by atoms with Crippen molar-refractivity contribution in [2.24, 2.45) is 0 Å². The maximum absolute atomic E-state index is 6.11. The molecule has 0 aliphatic rings. The van der Waals surface area contributed by atoms with Crippen LogP contribution in [0.25, 0.3) is 0 Å². The molecule has 0 saturated carbocycles. The highest BCUT2D eigenvalue weighted by Crippen LogP contribution is 2.21. The maximum Gasteiger partial charge on any atom is 0.0735 e. The van der Waals surface area contributed by atoms with E-state index in [-0.39, 0.29) is 0 Å². The minimum atomic E-state index is 0.562. The largest absolute Gasteiger partial charge is 0.382 e. The third-order valence-electron chi connectivity index (χ3n) is 2.27. The van der Waals surface area contributed by atoms with Gasteiger partial charge in [-0.25, -0.2) is 0 Å². The van der Waals surface area contributed by atoms with Crippen molar-refractivity contribution in [1.82, 2.24) is 0 Å². The first-order chi connectivity index (χ1) is 7.29. The predicted octanol–water partition coefficient (Wildman–Crippen LogP) is 3.07. The number of benzene rings is 1. The first-order valence-electron chi connectivity index (χ1n) is 5.12. The lowest BCUT2D eigenvalue weighted by Gasteiger charge is -2.10. The lowest BCUT2D eigenvalue weighted by molar-refractivity contribution is 0.0614. The van der Waals surface area contributed by atoms with Gasteiger partial charge in [0.15, 0.2) is 0 Å². The molecule has 1 aromatic rings. The molecular weight excluding hydrogens is 212 g/mol. The summed E-state index contributed by atoms with van der Waals surface area (Å²) in [5.41, 5.74) is 2.35. The average molecular weight is 229 g/mol. The van der Waals surface area contributed by atoms with Crippen LogP contribution in [0, 0.1) is 0 Å². The standard InChI is InChI=1S/C12H17ClO2/c1-3-10-5-4-6-12(13)11(10)9-15-8-7-14-2/h4-6H,3,7-9H2,1-2H3. The smallest absolute Gasteiger partial charge is 0.0735 e. The third-order valence-corrected chi connectivity index (χ3v) is 2.63. The summed E-state index contributed by atoms with van der Waals surface area (Å²) in [6.45, 7) is 3.90. The molecule has 0 aliphatic carbocycles. The number of ether oxygens (including phenoxy) is 2. The van der Waals surface area contributed by atoms with Crippen molar-refractivity contribution in [2.45, 2.75) is 20.0 Å². The van der Waals surface area contributed by atoms with Gasteiger partial charge in [-0.15, -0.1) is 0 Å². The van der Waals surface area contributed by atoms with Crippen molar-refractivity contribution >= 4 is 11.6 Å². The molecule has 0 heterocycles. The zero-order valence-electron chi connectivity index (χ0n) is 9.25. The second-order valence-corrected chi connectivity index (χ2v) is 3.68. The molecule has 15 heavy (non-hydrogen) atoms. The van der Waals surface area contributed by atoms with Crippen molar-refractivity contribution in [1.29, 1.82) is 0 Å². The van der Waals surface area contributed by atoms with Crippen LogP contribution >= 0.6 is 11.6 Å². The van der Waals surface area contributed by atoms with Gasteiger partial charge in [-0.2, -0.15) is 0 Å². The van der Waals surface area contributed by atoms with Crippen LogP contribution in [0.5, 0.6) is 0 Å². The van der Waals surface area contributed by atoms with E-state index >= 15 is 0 Å². The Labute approximate surface area is 96.2 Å². The van der Waals surface area contributed by atoms with Crippen LogP contribution in [-0.2, 0) is 22.5 Å². The fraction of sp³-hybridized carbons (Fsp3) is 0.500. The van der Waals surface area contributed by atoms with E-state index in [1.165, 1.54) is 5.56 Å². The highest BCUT2D eigenvalue weighted by Gasteiger charge is 2.05. The Balaban J connectivity index is 2.58. The summed E-state index contributed by atoms with van der Waals surface area (Å²) in [7, 11) is 1.66. The van der Waals surface area contributed by atoms with Crippen LogP contribution in [0.2, 0.25) is 5.02 Å². The number of rotatable bonds is 6. The van der Waals surface area contributed by atoms with Gasteiger partial charge < -0.3 is 9.47 Å². The molecule has 0 fully saturated rings. The van der Waals surface area contributed by atoms with Crippen molar-refractivity contribution in [3.8, 4) is 0 Å². The molecule has 0 N–H and O–H groups in total. The van der Waals surface area contributed by atoms with Crippen molar-refractivity contribution in [3.63, 3.8) is 0 Å². The van der Waals surface area contributed by atoms with E-state index in [0.717, 1.165) is 17.0 Å². The van der Waals surface area contributed by atoms with E-state index in [1.807, 2.05) is 12.1 Å². The van der Waals surface area contributed by atoms with E-state index in [2.05, 4.69) is 13.0 Å². The van der Waals surface area contributed by atoms with Crippen molar-refractivity contribution in [2.75, 3.05) is 20.3 Å². The Morgan fingerprint density at radius 3 is 2.73 bits per heavy atom. The molecule has 0 aromatic heterocycles. The van der Waals surface area contributed by atoms with E-state index < -0.39 is 0 Å². The van der Waals surface area contributed by atoms with Crippen LogP contribution in [0.3, 0.4) is 0 Å². The Kier molecular flexibility index (Phi) is 5.69. The molecule has 1 rings (SSSR count). The van der Waals surface area contributed by atoms with Crippen LogP contribution < -0.4 is 0 Å². The number of halogens is 1. The van der Waals surface area contributed by atoms with Gasteiger partial charge in [0, 0.05) is 12.1 Å². The quantitative estimate of drug-likeness (QED) is 0.697. The lowest BCUT2D eigenvalue weighted by atomic mass is 10.1. The second kappa shape index (κ2) is 6.83. The zero-order valence-corrected chi connectivity index (χ0v) is 10.0. The van der Waals surface area contributed by atoms with Crippen LogP contribution in [0.1, 0.15) is 18.1 Å². The van der Waals surface area contributed by atoms with E-state index in [1.54, 1.807) is 7.11 Å². The average Bonchev–Trinajstić information content (AvgIpc) is 2.26. The van der Waals surface area contributed by atoms with Gasteiger partial charge in [-0.05, 0) is 23.6 Å². The highest BCUT2D eigenvalue weighted by molar-refractivity contribution is 6.31. The van der Waals surface area contributed by atoms with E-state index in [0.29, 0.717) is 19.8 Å². The van der Waals surface area contributed by atoms with Crippen molar-refractivity contribution in [3.05, 3.63) is 34.3 Å². The van der Waals surface area contributed by atoms with Crippen LogP contribution in [-0.4, -0.2) is 20.3 Å². The Morgan fingerprint density at radius 1 is 1.27 bits per heavy atom. The van der Waals surface area contributed by atoms with Gasteiger partial charge >= 0.3 is 0 Å². The number of aryl methyl sites for hydroxylation is 1. The Bertz CT molecular complexity index is 300. The zero-order chi connectivity index (χ0) is 11.1. The third kappa shape index (κ3) is 3.82. The fourth-order valence-electron chi connectivity index (χ4n) is 1.41. The molecule has 0 saturated heterocycles. The first kappa shape index (κ1) is 12.5. The van der Waals surface area contributed by atoms with E-state index in [4.69, 9.17) is 21.1 Å². The van der Waals surface area contributed by atoms with Gasteiger partial charge in [-0.1, -0.05) is 30.7 Å². The molecule has 0 radical (unpaired) electrons. The SMILES string of the molecule is CCc1cccc(Cl)c1COCCOC. The number of hydrogen-bond donors (Lipinski definition) is 0.